The van der Waals surface area contributed by atoms with E-state index in [0.717, 1.165) is 11.3 Å². The largest absolute Gasteiger partial charge is 0.462 e. The number of nitrogens with zero attached hydrogens (tertiary/aromatic N) is 1. The van der Waals surface area contributed by atoms with Gasteiger partial charge in [-0.1, -0.05) is 23.7 Å². The minimum Gasteiger partial charge on any atom is -0.462 e. The highest BCUT2D eigenvalue weighted by Gasteiger charge is 2.16. The number of halogens is 1. The molecule has 8 heteroatoms. The number of carbonyl (C=O) groups excluding carboxylic acids is 1. The maximum Gasteiger partial charge on any atom is 0.339 e. The number of sulfonamides is 1. The van der Waals surface area contributed by atoms with Crippen LogP contribution in [0.2, 0.25) is 5.02 Å². The van der Waals surface area contributed by atoms with Gasteiger partial charge >= 0.3 is 5.97 Å². The van der Waals surface area contributed by atoms with Gasteiger partial charge in [-0.15, -0.1) is 0 Å². The molecule has 3 aromatic rings. The van der Waals surface area contributed by atoms with Crippen LogP contribution >= 0.6 is 11.6 Å². The zero-order valence-electron chi connectivity index (χ0n) is 14.4. The third-order valence-electron chi connectivity index (χ3n) is 3.91. The summed E-state index contributed by atoms with van der Waals surface area (Å²) < 4.78 is 29.8. The fraction of sp³-hybridized carbons (Fsp3) is 0.105. The first kappa shape index (κ1) is 19.2. The lowest BCUT2D eigenvalue weighted by atomic mass is 10.1. The molecular formula is C19H17ClN2O4S. The predicted octanol–water partition coefficient (Wildman–Crippen LogP) is 3.62. The first-order chi connectivity index (χ1) is 12.8. The van der Waals surface area contributed by atoms with Gasteiger partial charge < -0.3 is 9.30 Å². The maximum atomic E-state index is 12.2. The molecule has 3 rings (SSSR count). The number of aromatic nitrogens is 1. The SMILES string of the molecule is CCOC(=O)c1cc(-c2ccc(Cl)cc2)n(-c2ccc(S(N)(=O)=O)cc2)c1. The number of esters is 1. The van der Waals surface area contributed by atoms with Crippen molar-refractivity contribution >= 4 is 27.6 Å². The number of ether oxygens (including phenoxy) is 1. The number of hydrogen-bond acceptors (Lipinski definition) is 4. The van der Waals surface area contributed by atoms with Gasteiger partial charge in [-0.05, 0) is 55.0 Å². The molecule has 27 heavy (non-hydrogen) atoms. The molecule has 0 bridgehead atoms. The predicted molar refractivity (Wildman–Crippen MR) is 104 cm³/mol. The second-order valence-corrected chi connectivity index (χ2v) is 7.75. The van der Waals surface area contributed by atoms with Crippen LogP contribution in [0, 0.1) is 0 Å². The minimum atomic E-state index is -3.78. The first-order valence-electron chi connectivity index (χ1n) is 8.08. The highest BCUT2D eigenvalue weighted by Crippen LogP contribution is 2.28. The Morgan fingerprint density at radius 2 is 1.74 bits per heavy atom. The molecule has 0 aliphatic rings. The summed E-state index contributed by atoms with van der Waals surface area (Å²) >= 11 is 5.96. The van der Waals surface area contributed by atoms with E-state index in [0.29, 0.717) is 16.3 Å². The van der Waals surface area contributed by atoms with E-state index in [4.69, 9.17) is 21.5 Å². The summed E-state index contributed by atoms with van der Waals surface area (Å²) in [7, 11) is -3.78. The molecule has 0 saturated heterocycles. The van der Waals surface area contributed by atoms with Crippen molar-refractivity contribution in [1.29, 1.82) is 0 Å². The average molecular weight is 405 g/mol. The summed E-state index contributed by atoms with van der Waals surface area (Å²) in [4.78, 5) is 12.2. The van der Waals surface area contributed by atoms with Crippen LogP contribution in [0.15, 0.2) is 65.7 Å². The van der Waals surface area contributed by atoms with Crippen LogP contribution in [0.4, 0.5) is 0 Å². The average Bonchev–Trinajstić information content (AvgIpc) is 3.07. The molecule has 0 radical (unpaired) electrons. The van der Waals surface area contributed by atoms with Crippen molar-refractivity contribution in [2.24, 2.45) is 5.14 Å². The highest BCUT2D eigenvalue weighted by atomic mass is 35.5. The molecule has 0 amide bonds. The number of nitrogens with two attached hydrogens (primary N) is 1. The van der Waals surface area contributed by atoms with Gasteiger partial charge in [0.25, 0.3) is 0 Å². The van der Waals surface area contributed by atoms with Crippen LogP contribution in [0.25, 0.3) is 16.9 Å². The van der Waals surface area contributed by atoms with Crippen LogP contribution in [0.1, 0.15) is 17.3 Å². The standard InChI is InChI=1S/C19H17ClN2O4S/c1-2-26-19(23)14-11-18(13-3-5-15(20)6-4-13)22(12-14)16-7-9-17(10-8-16)27(21,24)25/h3-12H,2H2,1H3,(H2,21,24,25). The fourth-order valence-electron chi connectivity index (χ4n) is 2.64. The van der Waals surface area contributed by atoms with Gasteiger partial charge in [0.15, 0.2) is 0 Å². The Balaban J connectivity index is 2.12. The Morgan fingerprint density at radius 1 is 1.11 bits per heavy atom. The van der Waals surface area contributed by atoms with Crippen LogP contribution in [0.5, 0.6) is 0 Å². The molecule has 0 unspecified atom stereocenters. The van der Waals surface area contributed by atoms with Crippen molar-refractivity contribution in [2.45, 2.75) is 11.8 Å². The Kier molecular flexibility index (Phi) is 5.36. The zero-order chi connectivity index (χ0) is 19.6. The summed E-state index contributed by atoms with van der Waals surface area (Å²) in [5.74, 6) is -0.437. The molecule has 140 valence electrons. The second-order valence-electron chi connectivity index (χ2n) is 5.75. The number of hydrogen-bond donors (Lipinski definition) is 1. The van der Waals surface area contributed by atoms with Crippen molar-refractivity contribution in [3.63, 3.8) is 0 Å². The number of carbonyl (C=O) groups is 1. The normalized spacial score (nSPS) is 11.4. The van der Waals surface area contributed by atoms with Gasteiger partial charge in [0.05, 0.1) is 22.8 Å². The number of benzene rings is 2. The quantitative estimate of drug-likeness (QED) is 0.657. The Morgan fingerprint density at radius 3 is 2.30 bits per heavy atom. The van der Waals surface area contributed by atoms with Crippen molar-refractivity contribution in [1.82, 2.24) is 4.57 Å². The molecule has 1 aromatic heterocycles. The van der Waals surface area contributed by atoms with E-state index in [2.05, 4.69) is 0 Å². The molecule has 0 aliphatic heterocycles. The molecule has 0 fully saturated rings. The van der Waals surface area contributed by atoms with E-state index in [1.54, 1.807) is 48.0 Å². The van der Waals surface area contributed by atoms with Gasteiger partial charge in [-0.2, -0.15) is 0 Å². The number of rotatable bonds is 5. The Labute approximate surface area is 162 Å². The lowest BCUT2D eigenvalue weighted by Crippen LogP contribution is -2.12. The highest BCUT2D eigenvalue weighted by molar-refractivity contribution is 7.89. The van der Waals surface area contributed by atoms with Crippen molar-refractivity contribution in [3.8, 4) is 16.9 Å². The summed E-state index contributed by atoms with van der Waals surface area (Å²) in [5.41, 5.74) is 2.63. The Bertz CT molecular complexity index is 1070. The van der Waals surface area contributed by atoms with Gasteiger partial charge in [-0.25, -0.2) is 18.4 Å². The second kappa shape index (κ2) is 7.56. The molecule has 1 heterocycles. The number of primary sulfonamides is 1. The summed E-state index contributed by atoms with van der Waals surface area (Å²) in [6, 6.07) is 15.0. The smallest absolute Gasteiger partial charge is 0.339 e. The zero-order valence-corrected chi connectivity index (χ0v) is 16.0. The van der Waals surface area contributed by atoms with Gasteiger partial charge in [0, 0.05) is 16.9 Å². The minimum absolute atomic E-state index is 0.0112. The lowest BCUT2D eigenvalue weighted by Gasteiger charge is -2.10. The van der Waals surface area contributed by atoms with Gasteiger partial charge in [0.2, 0.25) is 10.0 Å². The van der Waals surface area contributed by atoms with E-state index >= 15 is 0 Å². The molecule has 2 aromatic carbocycles. The maximum absolute atomic E-state index is 12.2. The summed E-state index contributed by atoms with van der Waals surface area (Å²) in [5, 5.41) is 5.75. The van der Waals surface area contributed by atoms with Crippen molar-refractivity contribution in [3.05, 3.63) is 71.4 Å². The van der Waals surface area contributed by atoms with Crippen molar-refractivity contribution in [2.75, 3.05) is 6.61 Å². The molecule has 0 saturated carbocycles. The van der Waals surface area contributed by atoms with E-state index in [1.807, 2.05) is 12.1 Å². The van der Waals surface area contributed by atoms with E-state index in [-0.39, 0.29) is 11.5 Å². The third kappa shape index (κ3) is 4.21. The molecular weight excluding hydrogens is 388 g/mol. The molecule has 0 aliphatic carbocycles. The van der Waals surface area contributed by atoms with Crippen LogP contribution in [-0.4, -0.2) is 25.6 Å². The molecule has 0 spiro atoms. The lowest BCUT2D eigenvalue weighted by molar-refractivity contribution is 0.0526. The van der Waals surface area contributed by atoms with Crippen LogP contribution in [0.3, 0.4) is 0 Å². The van der Waals surface area contributed by atoms with E-state index in [9.17, 15) is 13.2 Å². The van der Waals surface area contributed by atoms with E-state index < -0.39 is 16.0 Å². The molecule has 0 atom stereocenters. The van der Waals surface area contributed by atoms with Crippen LogP contribution < -0.4 is 5.14 Å². The summed E-state index contributed by atoms with van der Waals surface area (Å²) in [6.07, 6.45) is 1.65. The molecule has 6 nitrogen and oxygen atoms in total. The van der Waals surface area contributed by atoms with Gasteiger partial charge in [0.1, 0.15) is 0 Å². The summed E-state index contributed by atoms with van der Waals surface area (Å²) in [6.45, 7) is 2.00. The monoisotopic (exact) mass is 404 g/mol. The van der Waals surface area contributed by atoms with Crippen molar-refractivity contribution < 1.29 is 17.9 Å². The fourth-order valence-corrected chi connectivity index (χ4v) is 3.28. The topological polar surface area (TPSA) is 91.4 Å². The van der Waals surface area contributed by atoms with E-state index in [1.165, 1.54) is 12.1 Å². The van der Waals surface area contributed by atoms with Crippen LogP contribution in [-0.2, 0) is 14.8 Å². The third-order valence-corrected chi connectivity index (χ3v) is 5.10. The Hall–Kier alpha value is -2.61. The van der Waals surface area contributed by atoms with Gasteiger partial charge in [-0.3, -0.25) is 0 Å². The first-order valence-corrected chi connectivity index (χ1v) is 10.0. The molecule has 2 N–H and O–H groups in total.